The average Bonchev–Trinajstić information content (AvgIpc) is 2.52. The van der Waals surface area contributed by atoms with Gasteiger partial charge in [0.1, 0.15) is 0 Å². The molecule has 0 aromatic carbocycles. The molecule has 0 heterocycles. The van der Waals surface area contributed by atoms with Crippen LogP contribution >= 0.6 is 0 Å². The minimum Gasteiger partial charge on any atom is -0.392 e. The van der Waals surface area contributed by atoms with E-state index in [1.165, 1.54) is 6.42 Å². The largest absolute Gasteiger partial charge is 0.392 e. The number of amides is 1. The Hall–Kier alpha value is -0.650. The monoisotopic (exact) mass is 244 g/mol. The molecule has 0 aliphatic heterocycles. The van der Waals surface area contributed by atoms with Gasteiger partial charge in [0.25, 0.3) is 0 Å². The quantitative estimate of drug-likeness (QED) is 0.455. The van der Waals surface area contributed by atoms with Gasteiger partial charge < -0.3 is 20.5 Å². The molecule has 1 amide bonds. The summed E-state index contributed by atoms with van der Waals surface area (Å²) in [6.45, 7) is 1.33. The summed E-state index contributed by atoms with van der Waals surface area (Å²) in [5, 5.41) is 15.7. The first-order valence-corrected chi connectivity index (χ1v) is 6.41. The molecule has 2 unspecified atom stereocenters. The van der Waals surface area contributed by atoms with E-state index in [1.807, 2.05) is 0 Å². The van der Waals surface area contributed by atoms with Crippen LogP contribution in [0.15, 0.2) is 0 Å². The topological polar surface area (TPSA) is 70.6 Å². The maximum atomic E-state index is 11.4. The van der Waals surface area contributed by atoms with Crippen molar-refractivity contribution < 1.29 is 14.6 Å². The maximum absolute atomic E-state index is 11.4. The fraction of sp³-hybridized carbons (Fsp3) is 0.917. The molecule has 1 fully saturated rings. The molecule has 17 heavy (non-hydrogen) atoms. The molecule has 5 heteroatoms. The fourth-order valence-electron chi connectivity index (χ4n) is 2.10. The highest BCUT2D eigenvalue weighted by molar-refractivity contribution is 5.77. The standard InChI is InChI=1S/C12H24N2O3/c1-17-8-7-13-12(16)9-14-10-5-3-2-4-6-11(10)15/h10-11,14-15H,2-9H2,1H3,(H,13,16). The predicted molar refractivity (Wildman–Crippen MR) is 65.8 cm³/mol. The lowest BCUT2D eigenvalue weighted by Crippen LogP contribution is -2.44. The van der Waals surface area contributed by atoms with E-state index in [4.69, 9.17) is 4.74 Å². The van der Waals surface area contributed by atoms with Crippen molar-refractivity contribution in [2.75, 3.05) is 26.8 Å². The summed E-state index contributed by atoms with van der Waals surface area (Å²) in [4.78, 5) is 11.4. The minimum absolute atomic E-state index is 0.0431. The Balaban J connectivity index is 2.16. The van der Waals surface area contributed by atoms with E-state index in [1.54, 1.807) is 7.11 Å². The number of carbonyl (C=O) groups excluding carboxylic acids is 1. The molecule has 1 aliphatic carbocycles. The van der Waals surface area contributed by atoms with E-state index in [9.17, 15) is 9.90 Å². The second-order valence-corrected chi connectivity index (χ2v) is 4.54. The third kappa shape index (κ3) is 6.00. The van der Waals surface area contributed by atoms with Crippen LogP contribution in [0.2, 0.25) is 0 Å². The molecule has 3 N–H and O–H groups in total. The first kappa shape index (κ1) is 14.4. The number of carbonyl (C=O) groups is 1. The van der Waals surface area contributed by atoms with Crippen molar-refractivity contribution >= 4 is 5.91 Å². The van der Waals surface area contributed by atoms with Crippen molar-refractivity contribution in [2.45, 2.75) is 44.2 Å². The highest BCUT2D eigenvalue weighted by atomic mass is 16.5. The molecule has 1 aliphatic rings. The summed E-state index contributed by atoms with van der Waals surface area (Å²) in [7, 11) is 1.60. The van der Waals surface area contributed by atoms with E-state index < -0.39 is 0 Å². The van der Waals surface area contributed by atoms with Crippen LogP contribution in [-0.4, -0.2) is 50.0 Å². The van der Waals surface area contributed by atoms with Gasteiger partial charge in [0, 0.05) is 19.7 Å². The van der Waals surface area contributed by atoms with Gasteiger partial charge in [-0.1, -0.05) is 19.3 Å². The molecular formula is C12H24N2O3. The predicted octanol–water partition coefficient (Wildman–Crippen LogP) is 0.0322. The van der Waals surface area contributed by atoms with Crippen LogP contribution in [0.5, 0.6) is 0 Å². The Morgan fingerprint density at radius 1 is 1.35 bits per heavy atom. The second kappa shape index (κ2) is 8.44. The third-order valence-corrected chi connectivity index (χ3v) is 3.13. The molecule has 0 bridgehead atoms. The molecule has 0 aromatic rings. The summed E-state index contributed by atoms with van der Waals surface area (Å²) in [6.07, 6.45) is 4.86. The maximum Gasteiger partial charge on any atom is 0.234 e. The Morgan fingerprint density at radius 3 is 2.88 bits per heavy atom. The molecule has 1 saturated carbocycles. The van der Waals surface area contributed by atoms with E-state index in [2.05, 4.69) is 10.6 Å². The van der Waals surface area contributed by atoms with Crippen LogP contribution in [0, 0.1) is 0 Å². The van der Waals surface area contributed by atoms with Crippen LogP contribution < -0.4 is 10.6 Å². The molecule has 0 spiro atoms. The highest BCUT2D eigenvalue weighted by Crippen LogP contribution is 2.17. The van der Waals surface area contributed by atoms with E-state index >= 15 is 0 Å². The lowest BCUT2D eigenvalue weighted by molar-refractivity contribution is -0.120. The van der Waals surface area contributed by atoms with Crippen LogP contribution in [0.1, 0.15) is 32.1 Å². The van der Waals surface area contributed by atoms with Gasteiger partial charge in [0.05, 0.1) is 19.3 Å². The SMILES string of the molecule is COCCNC(=O)CNC1CCCCCC1O. The van der Waals surface area contributed by atoms with Gasteiger partial charge in [0.15, 0.2) is 0 Å². The van der Waals surface area contributed by atoms with E-state index in [0.29, 0.717) is 13.2 Å². The Morgan fingerprint density at radius 2 is 2.12 bits per heavy atom. The number of aliphatic hydroxyl groups is 1. The van der Waals surface area contributed by atoms with Gasteiger partial charge in [-0.25, -0.2) is 0 Å². The van der Waals surface area contributed by atoms with Crippen molar-refractivity contribution in [1.29, 1.82) is 0 Å². The Bertz CT molecular complexity index is 224. The highest BCUT2D eigenvalue weighted by Gasteiger charge is 2.21. The van der Waals surface area contributed by atoms with Crippen molar-refractivity contribution in [2.24, 2.45) is 0 Å². The van der Waals surface area contributed by atoms with Gasteiger partial charge in [-0.3, -0.25) is 4.79 Å². The lowest BCUT2D eigenvalue weighted by atomic mass is 10.1. The van der Waals surface area contributed by atoms with Crippen molar-refractivity contribution in [3.05, 3.63) is 0 Å². The van der Waals surface area contributed by atoms with Gasteiger partial charge in [-0.2, -0.15) is 0 Å². The molecule has 0 aromatic heterocycles. The molecule has 1 rings (SSSR count). The normalized spacial score (nSPS) is 25.3. The number of rotatable bonds is 6. The number of aliphatic hydroxyl groups excluding tert-OH is 1. The first-order chi connectivity index (χ1) is 8.24. The third-order valence-electron chi connectivity index (χ3n) is 3.13. The summed E-state index contributed by atoms with van der Waals surface area (Å²) < 4.78 is 4.85. The Labute approximate surface area is 103 Å². The number of hydrogen-bond acceptors (Lipinski definition) is 4. The zero-order chi connectivity index (χ0) is 12.5. The number of hydrogen-bond donors (Lipinski definition) is 3. The molecular weight excluding hydrogens is 220 g/mol. The van der Waals surface area contributed by atoms with E-state index in [-0.39, 0.29) is 24.6 Å². The zero-order valence-corrected chi connectivity index (χ0v) is 10.6. The first-order valence-electron chi connectivity index (χ1n) is 6.41. The van der Waals surface area contributed by atoms with Crippen molar-refractivity contribution in [1.82, 2.24) is 10.6 Å². The molecule has 5 nitrogen and oxygen atoms in total. The van der Waals surface area contributed by atoms with Crippen molar-refractivity contribution in [3.8, 4) is 0 Å². The lowest BCUT2D eigenvalue weighted by Gasteiger charge is -2.21. The number of methoxy groups -OCH3 is 1. The molecule has 0 saturated heterocycles. The van der Waals surface area contributed by atoms with Crippen LogP contribution in [0.25, 0.3) is 0 Å². The average molecular weight is 244 g/mol. The smallest absolute Gasteiger partial charge is 0.234 e. The molecule has 2 atom stereocenters. The summed E-state index contributed by atoms with van der Waals surface area (Å²) >= 11 is 0. The summed E-state index contributed by atoms with van der Waals surface area (Å²) in [5.74, 6) is -0.0431. The minimum atomic E-state index is -0.315. The molecule has 0 radical (unpaired) electrons. The fourth-order valence-corrected chi connectivity index (χ4v) is 2.10. The van der Waals surface area contributed by atoms with E-state index in [0.717, 1.165) is 25.7 Å². The number of nitrogens with one attached hydrogen (secondary N) is 2. The summed E-state index contributed by atoms with van der Waals surface area (Å²) in [6, 6.07) is 0.0608. The van der Waals surface area contributed by atoms with Gasteiger partial charge in [-0.15, -0.1) is 0 Å². The van der Waals surface area contributed by atoms with Crippen LogP contribution in [0.3, 0.4) is 0 Å². The number of ether oxygens (including phenoxy) is 1. The van der Waals surface area contributed by atoms with Gasteiger partial charge >= 0.3 is 0 Å². The Kier molecular flexibility index (Phi) is 7.16. The van der Waals surface area contributed by atoms with Crippen LogP contribution in [-0.2, 0) is 9.53 Å². The molecule has 100 valence electrons. The van der Waals surface area contributed by atoms with Crippen LogP contribution in [0.4, 0.5) is 0 Å². The zero-order valence-electron chi connectivity index (χ0n) is 10.6. The second-order valence-electron chi connectivity index (χ2n) is 4.54. The van der Waals surface area contributed by atoms with Gasteiger partial charge in [-0.05, 0) is 12.8 Å². The summed E-state index contributed by atoms with van der Waals surface area (Å²) in [5.41, 5.74) is 0. The van der Waals surface area contributed by atoms with Crippen molar-refractivity contribution in [3.63, 3.8) is 0 Å². The van der Waals surface area contributed by atoms with Gasteiger partial charge in [0.2, 0.25) is 5.91 Å².